The number of pyridine rings is 3. The number of carbonyl (C=O) groups is 1. The Morgan fingerprint density at radius 1 is 1.12 bits per heavy atom. The molecule has 0 amide bonds. The Balaban J connectivity index is 1.50. The van der Waals surface area contributed by atoms with Crippen molar-refractivity contribution in [3.63, 3.8) is 0 Å². The van der Waals surface area contributed by atoms with E-state index in [0.717, 1.165) is 38.2 Å². The number of hydrogen-bond acceptors (Lipinski definition) is 7. The van der Waals surface area contributed by atoms with E-state index in [9.17, 15) is 19.1 Å². The lowest BCUT2D eigenvalue weighted by molar-refractivity contribution is 0.0695. The number of benzene rings is 1. The number of halogens is 2. The van der Waals surface area contributed by atoms with E-state index in [1.807, 2.05) is 0 Å². The van der Waals surface area contributed by atoms with Gasteiger partial charge in [-0.2, -0.15) is 0 Å². The SMILES string of the molecule is CNc1cc(F)c(F)c2c1Cc1ncc(-c3cnc4c(c3)c(=O)c(C(=O)O)cn4C)c(N3CCN4CCC[C@H]4C3)c1-2. The molecular weight excluding hydrogens is 530 g/mol. The number of carboxylic acid groups (broad SMARTS) is 1. The fraction of sp³-hybridized carbons (Fsp3) is 0.333. The maximum atomic E-state index is 15.7. The molecule has 3 aliphatic rings. The van der Waals surface area contributed by atoms with Crippen molar-refractivity contribution in [3.05, 3.63) is 69.4 Å². The molecule has 3 aromatic heterocycles. The molecule has 7 rings (SSSR count). The number of piperazine rings is 1. The lowest BCUT2D eigenvalue weighted by Gasteiger charge is -2.40. The maximum Gasteiger partial charge on any atom is 0.341 e. The van der Waals surface area contributed by atoms with Crippen LogP contribution in [0.4, 0.5) is 20.2 Å². The number of nitrogens with zero attached hydrogens (tertiary/aromatic N) is 5. The van der Waals surface area contributed by atoms with Crippen LogP contribution >= 0.6 is 0 Å². The van der Waals surface area contributed by atoms with Gasteiger partial charge in [0.1, 0.15) is 11.2 Å². The van der Waals surface area contributed by atoms with Crippen molar-refractivity contribution in [2.75, 3.05) is 43.4 Å². The van der Waals surface area contributed by atoms with Gasteiger partial charge in [-0.3, -0.25) is 14.7 Å². The Kier molecular flexibility index (Phi) is 5.82. The largest absolute Gasteiger partial charge is 0.477 e. The third kappa shape index (κ3) is 3.82. The fourth-order valence-corrected chi connectivity index (χ4v) is 6.83. The number of hydrogen-bond donors (Lipinski definition) is 2. The first-order valence-corrected chi connectivity index (χ1v) is 13.7. The summed E-state index contributed by atoms with van der Waals surface area (Å²) in [6.45, 7) is 3.31. The molecule has 2 N–H and O–H groups in total. The van der Waals surface area contributed by atoms with Crippen LogP contribution in [0.3, 0.4) is 0 Å². The van der Waals surface area contributed by atoms with Crippen molar-refractivity contribution >= 4 is 28.4 Å². The van der Waals surface area contributed by atoms with Gasteiger partial charge in [-0.25, -0.2) is 18.6 Å². The monoisotopic (exact) mass is 558 g/mol. The highest BCUT2D eigenvalue weighted by atomic mass is 19.2. The van der Waals surface area contributed by atoms with Crippen LogP contribution in [0.25, 0.3) is 33.3 Å². The van der Waals surface area contributed by atoms with E-state index in [1.165, 1.54) is 16.8 Å². The predicted octanol–water partition coefficient (Wildman–Crippen LogP) is 3.87. The first-order chi connectivity index (χ1) is 19.8. The number of anilines is 2. The minimum Gasteiger partial charge on any atom is -0.477 e. The molecule has 11 heteroatoms. The van der Waals surface area contributed by atoms with Gasteiger partial charge in [0.15, 0.2) is 11.6 Å². The first-order valence-electron chi connectivity index (χ1n) is 13.7. The van der Waals surface area contributed by atoms with Crippen molar-refractivity contribution in [1.29, 1.82) is 0 Å². The molecule has 0 bridgehead atoms. The number of fused-ring (bicyclic) bond motifs is 5. The summed E-state index contributed by atoms with van der Waals surface area (Å²) in [5.74, 6) is -3.16. The first kappa shape index (κ1) is 25.6. The molecule has 1 aromatic carbocycles. The van der Waals surface area contributed by atoms with Gasteiger partial charge < -0.3 is 19.9 Å². The molecule has 9 nitrogen and oxygen atoms in total. The van der Waals surface area contributed by atoms with Crippen LogP contribution in [0.1, 0.15) is 34.5 Å². The number of aromatic nitrogens is 3. The minimum atomic E-state index is -1.32. The predicted molar refractivity (Wildman–Crippen MR) is 152 cm³/mol. The highest BCUT2D eigenvalue weighted by Crippen LogP contribution is 2.50. The van der Waals surface area contributed by atoms with Crippen LogP contribution in [-0.4, -0.2) is 69.8 Å². The third-order valence-corrected chi connectivity index (χ3v) is 8.78. The highest BCUT2D eigenvalue weighted by Gasteiger charge is 2.37. The van der Waals surface area contributed by atoms with E-state index >= 15 is 4.39 Å². The second-order valence-corrected chi connectivity index (χ2v) is 11.0. The van der Waals surface area contributed by atoms with Gasteiger partial charge in [0, 0.05) is 98.8 Å². The quantitative estimate of drug-likeness (QED) is 0.343. The van der Waals surface area contributed by atoms with Crippen LogP contribution in [0.2, 0.25) is 0 Å². The molecule has 0 unspecified atom stereocenters. The summed E-state index contributed by atoms with van der Waals surface area (Å²) in [4.78, 5) is 38.9. The molecule has 5 heterocycles. The van der Waals surface area contributed by atoms with Gasteiger partial charge in [0.05, 0.1) is 16.8 Å². The second-order valence-electron chi connectivity index (χ2n) is 11.0. The summed E-state index contributed by atoms with van der Waals surface area (Å²) >= 11 is 0. The topological polar surface area (TPSA) is 104 Å². The summed E-state index contributed by atoms with van der Waals surface area (Å²) in [6, 6.07) is 3.17. The van der Waals surface area contributed by atoms with Crippen molar-refractivity contribution in [2.45, 2.75) is 25.3 Å². The van der Waals surface area contributed by atoms with Crippen molar-refractivity contribution in [2.24, 2.45) is 7.05 Å². The molecule has 0 saturated carbocycles. The third-order valence-electron chi connectivity index (χ3n) is 8.78. The molecule has 0 radical (unpaired) electrons. The van der Waals surface area contributed by atoms with E-state index in [2.05, 4.69) is 20.1 Å². The molecule has 0 spiro atoms. The summed E-state index contributed by atoms with van der Waals surface area (Å²) in [5.41, 5.74) is 3.88. The summed E-state index contributed by atoms with van der Waals surface area (Å²) in [7, 11) is 3.32. The Bertz CT molecular complexity index is 1840. The zero-order chi connectivity index (χ0) is 28.6. The van der Waals surface area contributed by atoms with Gasteiger partial charge in [-0.15, -0.1) is 0 Å². The van der Waals surface area contributed by atoms with E-state index in [-0.39, 0.29) is 16.5 Å². The Morgan fingerprint density at radius 3 is 2.73 bits per heavy atom. The molecule has 1 aliphatic carbocycles. The van der Waals surface area contributed by atoms with Crippen LogP contribution in [-0.2, 0) is 13.5 Å². The number of nitrogens with one attached hydrogen (secondary N) is 1. The van der Waals surface area contributed by atoms with Crippen LogP contribution in [0.5, 0.6) is 0 Å². The molecule has 210 valence electrons. The normalized spacial score (nSPS) is 18.0. The van der Waals surface area contributed by atoms with E-state index in [1.54, 1.807) is 32.6 Å². The molecule has 2 aliphatic heterocycles. The highest BCUT2D eigenvalue weighted by molar-refractivity contribution is 5.98. The van der Waals surface area contributed by atoms with Crippen molar-refractivity contribution in [3.8, 4) is 22.3 Å². The average molecular weight is 559 g/mol. The molecule has 41 heavy (non-hydrogen) atoms. The lowest BCUT2D eigenvalue weighted by atomic mass is 9.96. The maximum absolute atomic E-state index is 15.7. The minimum absolute atomic E-state index is 0.159. The Hall–Kier alpha value is -4.38. The zero-order valence-electron chi connectivity index (χ0n) is 22.7. The lowest BCUT2D eigenvalue weighted by Crippen LogP contribution is -2.50. The molecule has 4 aromatic rings. The number of rotatable bonds is 4. The van der Waals surface area contributed by atoms with Crippen LogP contribution < -0.4 is 15.6 Å². The van der Waals surface area contributed by atoms with E-state index < -0.39 is 23.0 Å². The number of carboxylic acids is 1. The standard InChI is InChI=1S/C30H28F2N6O3/c1-33-22-10-21(31)26(32)24-17(22)9-23-25(24)27(38-7-6-37-5-3-4-16(37)13-38)19(12-34-23)15-8-18-28(39)20(30(40)41)14-36(2)29(18)35-11-15/h8,10-12,14,16,33H,3-7,9,13H2,1-2H3,(H,40,41)/t16-/m0/s1. The number of aromatic carboxylic acids is 1. The number of aryl methyl sites for hydroxylation is 1. The van der Waals surface area contributed by atoms with Gasteiger partial charge in [0.2, 0.25) is 5.43 Å². The fourth-order valence-electron chi connectivity index (χ4n) is 6.83. The van der Waals surface area contributed by atoms with Crippen LogP contribution in [0, 0.1) is 11.6 Å². The van der Waals surface area contributed by atoms with Crippen molar-refractivity contribution < 1.29 is 18.7 Å². The van der Waals surface area contributed by atoms with Gasteiger partial charge in [-0.05, 0) is 31.0 Å². The zero-order valence-corrected chi connectivity index (χ0v) is 22.7. The molecule has 2 fully saturated rings. The van der Waals surface area contributed by atoms with Gasteiger partial charge >= 0.3 is 5.97 Å². The molecular formula is C30H28F2N6O3. The summed E-state index contributed by atoms with van der Waals surface area (Å²) in [5, 5.41) is 12.8. The Labute approximate surface area is 234 Å². The average Bonchev–Trinajstić information content (AvgIpc) is 3.60. The summed E-state index contributed by atoms with van der Waals surface area (Å²) in [6.07, 6.45) is 7.14. The Morgan fingerprint density at radius 2 is 1.95 bits per heavy atom. The van der Waals surface area contributed by atoms with Gasteiger partial charge in [-0.1, -0.05) is 0 Å². The van der Waals surface area contributed by atoms with E-state index in [4.69, 9.17) is 4.98 Å². The van der Waals surface area contributed by atoms with E-state index in [0.29, 0.717) is 58.3 Å². The molecule has 1 atom stereocenters. The van der Waals surface area contributed by atoms with Gasteiger partial charge in [0.25, 0.3) is 0 Å². The molecule has 2 saturated heterocycles. The smallest absolute Gasteiger partial charge is 0.341 e. The second kappa shape index (κ2) is 9.34. The van der Waals surface area contributed by atoms with Crippen LogP contribution in [0.15, 0.2) is 35.5 Å². The van der Waals surface area contributed by atoms with Crippen molar-refractivity contribution in [1.82, 2.24) is 19.4 Å². The summed E-state index contributed by atoms with van der Waals surface area (Å²) < 4.78 is 32.1.